The molecule has 100 valence electrons. The minimum Gasteiger partial charge on any atom is -0.465 e. The van der Waals surface area contributed by atoms with E-state index in [4.69, 9.17) is 4.74 Å². The van der Waals surface area contributed by atoms with Gasteiger partial charge in [-0.2, -0.15) is 0 Å². The Kier molecular flexibility index (Phi) is 3.66. The molecule has 3 aromatic heterocycles. The third-order valence-electron chi connectivity index (χ3n) is 2.65. The predicted molar refractivity (Wildman–Crippen MR) is 79.3 cm³/mol. The maximum Gasteiger partial charge on any atom is 0.348 e. The van der Waals surface area contributed by atoms with E-state index in [2.05, 4.69) is 9.97 Å². The number of hydrogen-bond acceptors (Lipinski definition) is 6. The van der Waals surface area contributed by atoms with Gasteiger partial charge in [-0.05, 0) is 18.2 Å². The fraction of sp³-hybridized carbons (Fsp3) is 0.0714. The normalized spacial score (nSPS) is 10.7. The number of ether oxygens (including phenoxy) is 1. The summed E-state index contributed by atoms with van der Waals surface area (Å²) in [5.74, 6) is -0.319. The summed E-state index contributed by atoms with van der Waals surface area (Å²) >= 11 is 2.91. The van der Waals surface area contributed by atoms with Crippen LogP contribution in [-0.2, 0) is 4.74 Å². The van der Waals surface area contributed by atoms with Crippen LogP contribution in [0, 0.1) is 0 Å². The minimum absolute atomic E-state index is 0.319. The van der Waals surface area contributed by atoms with Crippen LogP contribution in [0.15, 0.2) is 52.8 Å². The molecule has 0 saturated heterocycles. The monoisotopic (exact) mass is 302 g/mol. The van der Waals surface area contributed by atoms with Crippen molar-refractivity contribution in [2.75, 3.05) is 7.11 Å². The quantitative estimate of drug-likeness (QED) is 0.692. The molecular formula is C14H10N2O2S2. The average Bonchev–Trinajstić information content (AvgIpc) is 2.93. The highest BCUT2D eigenvalue weighted by molar-refractivity contribution is 7.99. The zero-order chi connectivity index (χ0) is 13.9. The van der Waals surface area contributed by atoms with E-state index in [0.717, 1.165) is 20.0 Å². The second-order valence-corrected chi connectivity index (χ2v) is 6.07. The van der Waals surface area contributed by atoms with Gasteiger partial charge in [0, 0.05) is 28.9 Å². The van der Waals surface area contributed by atoms with Gasteiger partial charge in [0.05, 0.1) is 11.8 Å². The lowest BCUT2D eigenvalue weighted by molar-refractivity contribution is 0.0606. The topological polar surface area (TPSA) is 52.1 Å². The third kappa shape index (κ3) is 2.52. The zero-order valence-electron chi connectivity index (χ0n) is 10.6. The van der Waals surface area contributed by atoms with E-state index in [1.165, 1.54) is 30.2 Å². The fourth-order valence-corrected chi connectivity index (χ4v) is 3.65. The molecule has 0 atom stereocenters. The van der Waals surface area contributed by atoms with E-state index in [0.29, 0.717) is 4.88 Å². The van der Waals surface area contributed by atoms with Gasteiger partial charge >= 0.3 is 5.97 Å². The maximum absolute atomic E-state index is 11.6. The molecule has 0 fully saturated rings. The summed E-state index contributed by atoms with van der Waals surface area (Å²) in [6, 6.07) is 7.61. The first kappa shape index (κ1) is 13.1. The Morgan fingerprint density at radius 2 is 2.25 bits per heavy atom. The number of hydrogen-bond donors (Lipinski definition) is 0. The SMILES string of the molecule is COC(=O)c1cc2c(Sc3ccccn3)cncc2s1. The molecule has 0 unspecified atom stereocenters. The lowest BCUT2D eigenvalue weighted by Gasteiger charge is -2.01. The summed E-state index contributed by atoms with van der Waals surface area (Å²) in [6.45, 7) is 0. The van der Waals surface area contributed by atoms with Crippen molar-refractivity contribution in [3.8, 4) is 0 Å². The number of rotatable bonds is 3. The molecule has 0 bridgehead atoms. The van der Waals surface area contributed by atoms with Crippen LogP contribution in [-0.4, -0.2) is 23.0 Å². The number of aromatic nitrogens is 2. The van der Waals surface area contributed by atoms with Crippen LogP contribution in [0.1, 0.15) is 9.67 Å². The molecule has 0 spiro atoms. The first-order valence-electron chi connectivity index (χ1n) is 5.82. The van der Waals surface area contributed by atoms with Crippen LogP contribution in [0.4, 0.5) is 0 Å². The molecule has 0 aliphatic rings. The summed E-state index contributed by atoms with van der Waals surface area (Å²) in [5, 5.41) is 1.90. The molecule has 0 aromatic carbocycles. The third-order valence-corrected chi connectivity index (χ3v) is 4.69. The van der Waals surface area contributed by atoms with Gasteiger partial charge in [-0.3, -0.25) is 4.98 Å². The molecule has 6 heteroatoms. The van der Waals surface area contributed by atoms with Gasteiger partial charge in [0.25, 0.3) is 0 Å². The Bertz CT molecular complexity index is 756. The first-order chi connectivity index (χ1) is 9.78. The lowest BCUT2D eigenvalue weighted by Crippen LogP contribution is -1.96. The minimum atomic E-state index is -0.319. The number of carbonyl (C=O) groups excluding carboxylic acids is 1. The molecule has 0 radical (unpaired) electrons. The molecule has 0 aliphatic heterocycles. The Balaban J connectivity index is 2.03. The number of carbonyl (C=O) groups is 1. The largest absolute Gasteiger partial charge is 0.465 e. The summed E-state index contributed by atoms with van der Waals surface area (Å²) in [4.78, 5) is 21.7. The Morgan fingerprint density at radius 3 is 3.00 bits per heavy atom. The predicted octanol–water partition coefficient (Wildman–Crippen LogP) is 3.63. The van der Waals surface area contributed by atoms with Crippen LogP contribution in [0.2, 0.25) is 0 Å². The van der Waals surface area contributed by atoms with Crippen molar-refractivity contribution in [2.24, 2.45) is 0 Å². The van der Waals surface area contributed by atoms with Gasteiger partial charge in [-0.25, -0.2) is 9.78 Å². The number of pyridine rings is 2. The second kappa shape index (κ2) is 5.60. The van der Waals surface area contributed by atoms with E-state index >= 15 is 0 Å². The summed E-state index contributed by atoms with van der Waals surface area (Å²) in [6.07, 6.45) is 5.30. The molecular weight excluding hydrogens is 292 g/mol. The van der Waals surface area contributed by atoms with Gasteiger partial charge in [0.1, 0.15) is 9.90 Å². The van der Waals surface area contributed by atoms with E-state index in [1.54, 1.807) is 18.6 Å². The standard InChI is InChI=1S/C14H10N2O2S2/c1-18-14(17)10-6-9-11(19-10)7-15-8-12(9)20-13-4-2-3-5-16-13/h2-8H,1H3. The molecule has 3 rings (SSSR count). The molecule has 4 nitrogen and oxygen atoms in total. The number of thiophene rings is 1. The van der Waals surface area contributed by atoms with Gasteiger partial charge in [-0.15, -0.1) is 11.3 Å². The van der Waals surface area contributed by atoms with Crippen molar-refractivity contribution >= 4 is 39.2 Å². The van der Waals surface area contributed by atoms with Gasteiger partial charge in [0.2, 0.25) is 0 Å². The Morgan fingerprint density at radius 1 is 1.35 bits per heavy atom. The molecule has 0 N–H and O–H groups in total. The van der Waals surface area contributed by atoms with Crippen LogP contribution < -0.4 is 0 Å². The highest BCUT2D eigenvalue weighted by atomic mass is 32.2. The van der Waals surface area contributed by atoms with Crippen LogP contribution >= 0.6 is 23.1 Å². The fourth-order valence-electron chi connectivity index (χ4n) is 1.74. The summed E-state index contributed by atoms with van der Waals surface area (Å²) in [7, 11) is 1.38. The van der Waals surface area contributed by atoms with Crippen molar-refractivity contribution in [1.29, 1.82) is 0 Å². The van der Waals surface area contributed by atoms with E-state index in [-0.39, 0.29) is 5.97 Å². The number of fused-ring (bicyclic) bond motifs is 1. The summed E-state index contributed by atoms with van der Waals surface area (Å²) < 4.78 is 5.72. The van der Waals surface area contributed by atoms with Crippen molar-refractivity contribution < 1.29 is 9.53 Å². The first-order valence-corrected chi connectivity index (χ1v) is 7.46. The average molecular weight is 302 g/mol. The Hall–Kier alpha value is -1.92. The number of methoxy groups -OCH3 is 1. The second-order valence-electron chi connectivity index (χ2n) is 3.92. The Labute approximate surface area is 123 Å². The van der Waals surface area contributed by atoms with Crippen molar-refractivity contribution in [3.63, 3.8) is 0 Å². The van der Waals surface area contributed by atoms with Gasteiger partial charge in [-0.1, -0.05) is 17.8 Å². The highest BCUT2D eigenvalue weighted by Gasteiger charge is 2.13. The molecule has 3 aromatic rings. The van der Waals surface area contributed by atoms with Crippen LogP contribution in [0.3, 0.4) is 0 Å². The van der Waals surface area contributed by atoms with Crippen LogP contribution in [0.5, 0.6) is 0 Å². The summed E-state index contributed by atoms with van der Waals surface area (Å²) in [5.41, 5.74) is 0. The van der Waals surface area contributed by atoms with Crippen molar-refractivity contribution in [3.05, 3.63) is 47.7 Å². The van der Waals surface area contributed by atoms with Gasteiger partial charge in [0.15, 0.2) is 0 Å². The molecule has 20 heavy (non-hydrogen) atoms. The van der Waals surface area contributed by atoms with Crippen LogP contribution in [0.25, 0.3) is 10.1 Å². The molecule has 0 aliphatic carbocycles. The van der Waals surface area contributed by atoms with Crippen molar-refractivity contribution in [2.45, 2.75) is 9.92 Å². The number of nitrogens with zero attached hydrogens (tertiary/aromatic N) is 2. The highest BCUT2D eigenvalue weighted by Crippen LogP contribution is 2.35. The van der Waals surface area contributed by atoms with E-state index in [1.807, 2.05) is 24.3 Å². The lowest BCUT2D eigenvalue weighted by atomic mass is 10.3. The number of esters is 1. The molecule has 0 saturated carbocycles. The molecule has 3 heterocycles. The van der Waals surface area contributed by atoms with E-state index < -0.39 is 0 Å². The van der Waals surface area contributed by atoms with E-state index in [9.17, 15) is 4.79 Å². The van der Waals surface area contributed by atoms with Crippen molar-refractivity contribution in [1.82, 2.24) is 9.97 Å². The van der Waals surface area contributed by atoms with Gasteiger partial charge < -0.3 is 4.74 Å². The smallest absolute Gasteiger partial charge is 0.348 e. The maximum atomic E-state index is 11.6. The molecule has 0 amide bonds. The zero-order valence-corrected chi connectivity index (χ0v) is 12.2.